The highest BCUT2D eigenvalue weighted by molar-refractivity contribution is 4.96. The number of hydrogen-bond donors (Lipinski definition) is 1. The second-order valence-corrected chi connectivity index (χ2v) is 6.74. The fourth-order valence-electron chi connectivity index (χ4n) is 3.56. The highest BCUT2D eigenvalue weighted by Gasteiger charge is 2.37. The average molecular weight is 238 g/mol. The molecule has 1 saturated carbocycles. The Morgan fingerprint density at radius 2 is 2.06 bits per heavy atom. The van der Waals surface area contributed by atoms with Gasteiger partial charge in [-0.15, -0.1) is 0 Å². The SMILES string of the molecule is CCC1(C)CN(C2CCCC(C)C2)C(C)CN1. The van der Waals surface area contributed by atoms with Crippen molar-refractivity contribution in [1.29, 1.82) is 0 Å². The quantitative estimate of drug-likeness (QED) is 0.795. The van der Waals surface area contributed by atoms with E-state index in [-0.39, 0.29) is 0 Å². The van der Waals surface area contributed by atoms with Gasteiger partial charge in [0.05, 0.1) is 0 Å². The number of nitrogens with one attached hydrogen (secondary N) is 1. The van der Waals surface area contributed by atoms with Crippen LogP contribution in [0.2, 0.25) is 0 Å². The molecule has 0 radical (unpaired) electrons. The first kappa shape index (κ1) is 13.4. The first-order valence-electron chi connectivity index (χ1n) is 7.55. The molecular formula is C15H30N2. The molecule has 1 N–H and O–H groups in total. The van der Waals surface area contributed by atoms with Crippen molar-refractivity contribution in [2.24, 2.45) is 5.92 Å². The van der Waals surface area contributed by atoms with E-state index in [2.05, 4.69) is 37.9 Å². The lowest BCUT2D eigenvalue weighted by Crippen LogP contribution is -2.64. The van der Waals surface area contributed by atoms with Crippen molar-refractivity contribution in [2.75, 3.05) is 13.1 Å². The zero-order valence-corrected chi connectivity index (χ0v) is 12.1. The van der Waals surface area contributed by atoms with Crippen LogP contribution >= 0.6 is 0 Å². The zero-order valence-electron chi connectivity index (χ0n) is 12.1. The monoisotopic (exact) mass is 238 g/mol. The summed E-state index contributed by atoms with van der Waals surface area (Å²) in [5, 5.41) is 3.73. The van der Waals surface area contributed by atoms with Crippen LogP contribution in [0.25, 0.3) is 0 Å². The van der Waals surface area contributed by atoms with Crippen LogP contribution in [-0.2, 0) is 0 Å². The van der Waals surface area contributed by atoms with E-state index in [1.807, 2.05) is 0 Å². The number of nitrogens with zero attached hydrogens (tertiary/aromatic N) is 1. The third-order valence-electron chi connectivity index (χ3n) is 5.08. The topological polar surface area (TPSA) is 15.3 Å². The third kappa shape index (κ3) is 3.03. The highest BCUT2D eigenvalue weighted by atomic mass is 15.3. The summed E-state index contributed by atoms with van der Waals surface area (Å²) in [4.78, 5) is 2.80. The average Bonchev–Trinajstić information content (AvgIpc) is 2.33. The number of piperazine rings is 1. The number of rotatable bonds is 2. The summed E-state index contributed by atoms with van der Waals surface area (Å²) in [5.74, 6) is 0.934. The van der Waals surface area contributed by atoms with Crippen molar-refractivity contribution in [1.82, 2.24) is 10.2 Å². The predicted molar refractivity (Wildman–Crippen MR) is 74.3 cm³/mol. The van der Waals surface area contributed by atoms with Gasteiger partial charge in [0.1, 0.15) is 0 Å². The smallest absolute Gasteiger partial charge is 0.0278 e. The first-order chi connectivity index (χ1) is 8.04. The number of hydrogen-bond acceptors (Lipinski definition) is 2. The van der Waals surface area contributed by atoms with Crippen LogP contribution in [0.3, 0.4) is 0 Å². The van der Waals surface area contributed by atoms with Crippen LogP contribution in [0.5, 0.6) is 0 Å². The summed E-state index contributed by atoms with van der Waals surface area (Å²) in [5.41, 5.74) is 0.340. The molecule has 0 aromatic heterocycles. The minimum absolute atomic E-state index is 0.340. The summed E-state index contributed by atoms with van der Waals surface area (Å²) in [7, 11) is 0. The molecule has 1 aliphatic heterocycles. The summed E-state index contributed by atoms with van der Waals surface area (Å²) < 4.78 is 0. The van der Waals surface area contributed by atoms with Gasteiger partial charge >= 0.3 is 0 Å². The molecule has 0 aromatic rings. The Labute approximate surface area is 107 Å². The van der Waals surface area contributed by atoms with E-state index in [1.165, 1.54) is 38.6 Å². The van der Waals surface area contributed by atoms with Gasteiger partial charge in [0.2, 0.25) is 0 Å². The van der Waals surface area contributed by atoms with E-state index < -0.39 is 0 Å². The lowest BCUT2D eigenvalue weighted by atomic mass is 9.83. The maximum Gasteiger partial charge on any atom is 0.0278 e. The van der Waals surface area contributed by atoms with Gasteiger partial charge in [0, 0.05) is 30.7 Å². The summed E-state index contributed by atoms with van der Waals surface area (Å²) in [6.45, 7) is 11.9. The van der Waals surface area contributed by atoms with Gasteiger partial charge in [-0.1, -0.05) is 26.7 Å². The van der Waals surface area contributed by atoms with Crippen molar-refractivity contribution in [2.45, 2.75) is 77.4 Å². The van der Waals surface area contributed by atoms with E-state index in [1.54, 1.807) is 0 Å². The Kier molecular flexibility index (Phi) is 4.14. The minimum atomic E-state index is 0.340. The van der Waals surface area contributed by atoms with Gasteiger partial charge in [0.15, 0.2) is 0 Å². The lowest BCUT2D eigenvalue weighted by Gasteiger charge is -2.49. The molecule has 0 amide bonds. The van der Waals surface area contributed by atoms with Gasteiger partial charge in [-0.05, 0) is 39.0 Å². The van der Waals surface area contributed by atoms with Crippen LogP contribution in [0.15, 0.2) is 0 Å². The van der Waals surface area contributed by atoms with Gasteiger partial charge in [0.25, 0.3) is 0 Å². The van der Waals surface area contributed by atoms with Crippen molar-refractivity contribution in [3.05, 3.63) is 0 Å². The van der Waals surface area contributed by atoms with E-state index in [9.17, 15) is 0 Å². The Hall–Kier alpha value is -0.0800. The molecule has 4 atom stereocenters. The molecule has 4 unspecified atom stereocenters. The normalized spacial score (nSPS) is 44.8. The molecule has 2 nitrogen and oxygen atoms in total. The fourth-order valence-corrected chi connectivity index (χ4v) is 3.56. The van der Waals surface area contributed by atoms with Crippen molar-refractivity contribution < 1.29 is 0 Å². The zero-order chi connectivity index (χ0) is 12.5. The van der Waals surface area contributed by atoms with Gasteiger partial charge in [-0.25, -0.2) is 0 Å². The van der Waals surface area contributed by atoms with E-state index in [0.717, 1.165) is 18.5 Å². The molecule has 0 spiro atoms. The van der Waals surface area contributed by atoms with E-state index in [4.69, 9.17) is 0 Å². The molecule has 17 heavy (non-hydrogen) atoms. The van der Waals surface area contributed by atoms with Gasteiger partial charge in [-0.3, -0.25) is 4.90 Å². The molecule has 1 saturated heterocycles. The molecule has 2 fully saturated rings. The maximum atomic E-state index is 3.73. The molecule has 1 heterocycles. The second-order valence-electron chi connectivity index (χ2n) is 6.74. The Balaban J connectivity index is 2.01. The van der Waals surface area contributed by atoms with Crippen LogP contribution in [-0.4, -0.2) is 35.6 Å². The predicted octanol–water partition coefficient (Wildman–Crippen LogP) is 3.03. The van der Waals surface area contributed by atoms with Crippen LogP contribution < -0.4 is 5.32 Å². The van der Waals surface area contributed by atoms with Gasteiger partial charge < -0.3 is 5.32 Å². The standard InChI is InChI=1S/C15H30N2/c1-5-15(4)11-17(13(3)10-16-15)14-8-6-7-12(2)9-14/h12-14,16H,5-11H2,1-4H3. The molecule has 2 heteroatoms. The highest BCUT2D eigenvalue weighted by Crippen LogP contribution is 2.31. The summed E-state index contributed by atoms with van der Waals surface area (Å²) in [6, 6.07) is 1.56. The van der Waals surface area contributed by atoms with Crippen molar-refractivity contribution in [3.63, 3.8) is 0 Å². The molecule has 1 aliphatic carbocycles. The second kappa shape index (κ2) is 5.27. The third-order valence-corrected chi connectivity index (χ3v) is 5.08. The van der Waals surface area contributed by atoms with Crippen LogP contribution in [0.4, 0.5) is 0 Å². The first-order valence-corrected chi connectivity index (χ1v) is 7.55. The lowest BCUT2D eigenvalue weighted by molar-refractivity contribution is 0.0301. The summed E-state index contributed by atoms with van der Waals surface area (Å²) in [6.07, 6.45) is 6.96. The molecule has 0 bridgehead atoms. The minimum Gasteiger partial charge on any atom is -0.309 e. The maximum absolute atomic E-state index is 3.73. The van der Waals surface area contributed by atoms with Crippen molar-refractivity contribution in [3.8, 4) is 0 Å². The summed E-state index contributed by atoms with van der Waals surface area (Å²) >= 11 is 0. The van der Waals surface area contributed by atoms with E-state index >= 15 is 0 Å². The largest absolute Gasteiger partial charge is 0.309 e. The van der Waals surface area contributed by atoms with Gasteiger partial charge in [-0.2, -0.15) is 0 Å². The molecule has 2 aliphatic rings. The fraction of sp³-hybridized carbons (Fsp3) is 1.00. The molecule has 0 aromatic carbocycles. The Morgan fingerprint density at radius 3 is 2.71 bits per heavy atom. The molecule has 100 valence electrons. The molecular weight excluding hydrogens is 208 g/mol. The van der Waals surface area contributed by atoms with Crippen LogP contribution in [0, 0.1) is 5.92 Å². The van der Waals surface area contributed by atoms with E-state index in [0.29, 0.717) is 11.6 Å². The van der Waals surface area contributed by atoms with Crippen LogP contribution in [0.1, 0.15) is 59.8 Å². The molecule has 2 rings (SSSR count). The Bertz CT molecular complexity index is 253. The Morgan fingerprint density at radius 1 is 1.29 bits per heavy atom. The van der Waals surface area contributed by atoms with Crippen molar-refractivity contribution >= 4 is 0 Å².